The van der Waals surface area contributed by atoms with E-state index in [1.54, 1.807) is 0 Å². The summed E-state index contributed by atoms with van der Waals surface area (Å²) in [6.07, 6.45) is 10.8. The van der Waals surface area contributed by atoms with Crippen molar-refractivity contribution in [2.24, 2.45) is 11.8 Å². The zero-order valence-corrected chi connectivity index (χ0v) is 20.8. The van der Waals surface area contributed by atoms with Gasteiger partial charge in [-0.05, 0) is 60.9 Å². The quantitative estimate of drug-likeness (QED) is 0.588. The predicted molar refractivity (Wildman–Crippen MR) is 139 cm³/mol. The summed E-state index contributed by atoms with van der Waals surface area (Å²) in [7, 11) is 0. The molecule has 4 rings (SSSR count). The highest BCUT2D eigenvalue weighted by atomic mass is 16.2. The maximum Gasteiger partial charge on any atom is 0.254 e. The standard InChI is InChI=1S/C30H36N2O2/c1-21-12-8-9-17-25(21)29(34)32-19-11-18-26(27(32)22-13-6-5-7-14-22)28(33)31-24-16-10-15-23(20-24)30(2,3)4/h5-10,12-13,15-17,20,22,26-27H,11,14,18-19H2,1-4H3,(H,31,33)/t22-,26?,27?/m1/s1. The van der Waals surface area contributed by atoms with Crippen LogP contribution in [0, 0.1) is 18.8 Å². The number of hydrogen-bond acceptors (Lipinski definition) is 2. The van der Waals surface area contributed by atoms with Crippen LogP contribution < -0.4 is 5.32 Å². The number of piperidine rings is 1. The zero-order valence-electron chi connectivity index (χ0n) is 20.8. The first-order valence-corrected chi connectivity index (χ1v) is 12.4. The average Bonchev–Trinajstić information content (AvgIpc) is 2.83. The van der Waals surface area contributed by atoms with Gasteiger partial charge in [-0.1, -0.05) is 75.4 Å². The molecule has 2 amide bonds. The lowest BCUT2D eigenvalue weighted by Crippen LogP contribution is -2.55. The van der Waals surface area contributed by atoms with Crippen molar-refractivity contribution >= 4 is 17.5 Å². The third-order valence-electron chi connectivity index (χ3n) is 7.11. The Morgan fingerprint density at radius 2 is 1.82 bits per heavy atom. The molecule has 1 saturated heterocycles. The van der Waals surface area contributed by atoms with Gasteiger partial charge in [-0.15, -0.1) is 0 Å². The summed E-state index contributed by atoms with van der Waals surface area (Å²) < 4.78 is 0. The van der Waals surface area contributed by atoms with Gasteiger partial charge in [0.25, 0.3) is 5.91 Å². The van der Waals surface area contributed by atoms with E-state index in [-0.39, 0.29) is 35.1 Å². The lowest BCUT2D eigenvalue weighted by atomic mass is 9.77. The summed E-state index contributed by atoms with van der Waals surface area (Å²) in [6.45, 7) is 9.16. The lowest BCUT2D eigenvalue weighted by Gasteiger charge is -2.44. The number of carbonyl (C=O) groups excluding carboxylic acids is 2. The molecule has 2 unspecified atom stereocenters. The van der Waals surface area contributed by atoms with Crippen LogP contribution in [0.5, 0.6) is 0 Å². The summed E-state index contributed by atoms with van der Waals surface area (Å²) in [5.41, 5.74) is 3.70. The van der Waals surface area contributed by atoms with Crippen molar-refractivity contribution in [3.05, 3.63) is 89.5 Å². The molecule has 1 aliphatic heterocycles. The Labute approximate surface area is 203 Å². The molecule has 2 aromatic carbocycles. The van der Waals surface area contributed by atoms with Crippen molar-refractivity contribution in [1.29, 1.82) is 0 Å². The van der Waals surface area contributed by atoms with Crippen molar-refractivity contribution in [3.63, 3.8) is 0 Å². The Bertz CT molecular complexity index is 1110. The van der Waals surface area contributed by atoms with E-state index in [0.717, 1.165) is 36.1 Å². The molecule has 0 spiro atoms. The fourth-order valence-corrected chi connectivity index (χ4v) is 5.19. The monoisotopic (exact) mass is 456 g/mol. The van der Waals surface area contributed by atoms with E-state index < -0.39 is 0 Å². The Kier molecular flexibility index (Phi) is 7.06. The van der Waals surface area contributed by atoms with Crippen LogP contribution in [0.15, 0.2) is 72.8 Å². The van der Waals surface area contributed by atoms with Crippen LogP contribution in [0.4, 0.5) is 5.69 Å². The second kappa shape index (κ2) is 10.0. The molecule has 4 heteroatoms. The van der Waals surface area contributed by atoms with Crippen LogP contribution in [0.3, 0.4) is 0 Å². The molecule has 1 N–H and O–H groups in total. The SMILES string of the molecule is Cc1ccccc1C(=O)N1CCCC(C(=O)Nc2cccc(C(C)(C)C)c2)C1[C@@H]1C=CC=CC1. The van der Waals surface area contributed by atoms with Gasteiger partial charge in [-0.2, -0.15) is 0 Å². The van der Waals surface area contributed by atoms with Crippen LogP contribution in [-0.4, -0.2) is 29.3 Å². The van der Waals surface area contributed by atoms with E-state index in [1.807, 2.05) is 60.4 Å². The fraction of sp³-hybridized carbons (Fsp3) is 0.400. The number of nitrogens with zero attached hydrogens (tertiary/aromatic N) is 1. The molecule has 0 bridgehead atoms. The van der Waals surface area contributed by atoms with E-state index in [2.05, 4.69) is 50.4 Å². The third kappa shape index (κ3) is 5.16. The molecule has 178 valence electrons. The molecule has 4 nitrogen and oxygen atoms in total. The maximum absolute atomic E-state index is 13.7. The Morgan fingerprint density at radius 3 is 2.53 bits per heavy atom. The number of amides is 2. The number of benzene rings is 2. The summed E-state index contributed by atoms with van der Waals surface area (Å²) in [6, 6.07) is 15.7. The highest BCUT2D eigenvalue weighted by Gasteiger charge is 2.42. The number of nitrogens with one attached hydrogen (secondary N) is 1. The first-order valence-electron chi connectivity index (χ1n) is 12.4. The van der Waals surface area contributed by atoms with E-state index in [1.165, 1.54) is 5.56 Å². The molecule has 0 aromatic heterocycles. The van der Waals surface area contributed by atoms with Crippen LogP contribution in [0.25, 0.3) is 0 Å². The molecule has 0 saturated carbocycles. The molecule has 1 fully saturated rings. The average molecular weight is 457 g/mol. The molecule has 1 heterocycles. The van der Waals surface area contributed by atoms with Gasteiger partial charge in [-0.3, -0.25) is 9.59 Å². The van der Waals surface area contributed by atoms with Crippen LogP contribution >= 0.6 is 0 Å². The molecule has 1 aliphatic carbocycles. The van der Waals surface area contributed by atoms with Gasteiger partial charge in [-0.25, -0.2) is 0 Å². The van der Waals surface area contributed by atoms with Crippen molar-refractivity contribution in [2.45, 2.75) is 58.4 Å². The Balaban J connectivity index is 1.63. The van der Waals surface area contributed by atoms with Gasteiger partial charge in [0.15, 0.2) is 0 Å². The molecular weight excluding hydrogens is 420 g/mol. The van der Waals surface area contributed by atoms with Gasteiger partial charge >= 0.3 is 0 Å². The van der Waals surface area contributed by atoms with Gasteiger partial charge < -0.3 is 10.2 Å². The molecule has 2 aliphatic rings. The van der Waals surface area contributed by atoms with Gasteiger partial charge in [0, 0.05) is 23.7 Å². The van der Waals surface area contributed by atoms with E-state index >= 15 is 0 Å². The zero-order chi connectivity index (χ0) is 24.3. The molecule has 0 radical (unpaired) electrons. The minimum Gasteiger partial charge on any atom is -0.334 e. The predicted octanol–water partition coefficient (Wildman–Crippen LogP) is 6.28. The Hall–Kier alpha value is -3.14. The van der Waals surface area contributed by atoms with Crippen molar-refractivity contribution < 1.29 is 9.59 Å². The molecule has 34 heavy (non-hydrogen) atoms. The number of hydrogen-bond donors (Lipinski definition) is 1. The first-order chi connectivity index (χ1) is 16.3. The number of aryl methyl sites for hydroxylation is 1. The summed E-state index contributed by atoms with van der Waals surface area (Å²) >= 11 is 0. The van der Waals surface area contributed by atoms with Crippen LogP contribution in [0.1, 0.15) is 61.5 Å². The second-order valence-corrected chi connectivity index (χ2v) is 10.6. The minimum absolute atomic E-state index is 0.00120. The highest BCUT2D eigenvalue weighted by Crippen LogP contribution is 2.35. The molecule has 3 atom stereocenters. The van der Waals surface area contributed by atoms with Gasteiger partial charge in [0.2, 0.25) is 5.91 Å². The van der Waals surface area contributed by atoms with Gasteiger partial charge in [0.1, 0.15) is 0 Å². The highest BCUT2D eigenvalue weighted by molar-refractivity contribution is 5.98. The number of likely N-dealkylation sites (tertiary alicyclic amines) is 1. The van der Waals surface area contributed by atoms with Crippen molar-refractivity contribution in [1.82, 2.24) is 4.90 Å². The summed E-state index contributed by atoms with van der Waals surface area (Å²) in [5.74, 6) is -0.115. The van der Waals surface area contributed by atoms with Crippen molar-refractivity contribution in [3.8, 4) is 0 Å². The largest absolute Gasteiger partial charge is 0.334 e. The van der Waals surface area contributed by atoms with E-state index in [9.17, 15) is 9.59 Å². The van der Waals surface area contributed by atoms with Crippen molar-refractivity contribution in [2.75, 3.05) is 11.9 Å². The summed E-state index contributed by atoms with van der Waals surface area (Å²) in [4.78, 5) is 29.3. The molecule has 2 aromatic rings. The molecular formula is C30H36N2O2. The number of carbonyl (C=O) groups is 2. The van der Waals surface area contributed by atoms with Gasteiger partial charge in [0.05, 0.1) is 12.0 Å². The van der Waals surface area contributed by atoms with E-state index in [4.69, 9.17) is 0 Å². The lowest BCUT2D eigenvalue weighted by molar-refractivity contribution is -0.123. The summed E-state index contributed by atoms with van der Waals surface area (Å²) in [5, 5.41) is 3.18. The minimum atomic E-state index is -0.263. The number of anilines is 1. The van der Waals surface area contributed by atoms with Crippen LogP contribution in [0.2, 0.25) is 0 Å². The second-order valence-electron chi connectivity index (χ2n) is 10.6. The van der Waals surface area contributed by atoms with E-state index in [0.29, 0.717) is 6.54 Å². The maximum atomic E-state index is 13.7. The number of rotatable bonds is 4. The fourth-order valence-electron chi connectivity index (χ4n) is 5.19. The normalized spacial score (nSPS) is 22.5. The smallest absolute Gasteiger partial charge is 0.254 e. The topological polar surface area (TPSA) is 49.4 Å². The van der Waals surface area contributed by atoms with Crippen LogP contribution in [-0.2, 0) is 10.2 Å². The third-order valence-corrected chi connectivity index (χ3v) is 7.11. The Morgan fingerprint density at radius 1 is 1.03 bits per heavy atom. The number of allylic oxidation sites excluding steroid dienone is 3. The first kappa shape index (κ1) is 24.0.